The average Bonchev–Trinajstić information content (AvgIpc) is 3.74. The Balaban J connectivity index is 1.17. The van der Waals surface area contributed by atoms with Gasteiger partial charge in [-0.2, -0.15) is 5.10 Å². The minimum atomic E-state index is -4.63. The van der Waals surface area contributed by atoms with Crippen LogP contribution in [0, 0.1) is 5.92 Å². The lowest BCUT2D eigenvalue weighted by atomic mass is 9.90. The van der Waals surface area contributed by atoms with E-state index in [1.54, 1.807) is 12.1 Å². The van der Waals surface area contributed by atoms with E-state index in [9.17, 15) is 19.7 Å². The van der Waals surface area contributed by atoms with E-state index < -0.39 is 38.3 Å². The molecule has 320 valence electrons. The Morgan fingerprint density at radius 3 is 2.11 bits per heavy atom. The van der Waals surface area contributed by atoms with Crippen molar-refractivity contribution in [3.8, 4) is 0 Å². The van der Waals surface area contributed by atoms with E-state index >= 15 is 0 Å². The molecule has 1 saturated heterocycles. The number of rotatable bonds is 30. The third-order valence-electron chi connectivity index (χ3n) is 11.7. The summed E-state index contributed by atoms with van der Waals surface area (Å²) >= 11 is 0. The zero-order valence-electron chi connectivity index (χ0n) is 34.5. The fourth-order valence-corrected chi connectivity index (χ4v) is 9.04. The maximum absolute atomic E-state index is 13.3. The average molecular weight is 808 g/mol. The Bertz CT molecular complexity index is 1440. The van der Waals surface area contributed by atoms with Gasteiger partial charge in [-0.1, -0.05) is 142 Å². The lowest BCUT2D eigenvalue weighted by Gasteiger charge is -2.29. The Labute approximate surface area is 336 Å². The fourth-order valence-electron chi connectivity index (χ4n) is 8.25. The van der Waals surface area contributed by atoms with Gasteiger partial charge in [0.05, 0.1) is 25.0 Å². The highest BCUT2D eigenvalue weighted by molar-refractivity contribution is 7.47. The molecule has 0 radical (unpaired) electrons. The van der Waals surface area contributed by atoms with Gasteiger partial charge in [-0.05, 0) is 37.3 Å². The van der Waals surface area contributed by atoms with Crippen molar-refractivity contribution in [2.24, 2.45) is 10.9 Å². The molecule has 56 heavy (non-hydrogen) atoms. The zero-order chi connectivity index (χ0) is 40.1. The molecule has 1 unspecified atom stereocenters. The third kappa shape index (κ3) is 15.3. The van der Waals surface area contributed by atoms with Gasteiger partial charge in [-0.15, -0.1) is 0 Å². The second kappa shape index (κ2) is 25.5. The Kier molecular flexibility index (Phi) is 21.3. The molecule has 0 aromatic carbocycles. The summed E-state index contributed by atoms with van der Waals surface area (Å²) in [4.78, 5) is 18.8. The van der Waals surface area contributed by atoms with Crippen molar-refractivity contribution in [2.45, 2.75) is 191 Å². The Morgan fingerprint density at radius 1 is 0.929 bits per heavy atom. The van der Waals surface area contributed by atoms with Crippen LogP contribution in [0.25, 0.3) is 5.52 Å². The van der Waals surface area contributed by atoms with Crippen LogP contribution >= 0.6 is 7.82 Å². The molecule has 6 atom stereocenters. The minimum Gasteiger partial charge on any atom is -0.387 e. The molecule has 2 aromatic rings. The lowest BCUT2D eigenvalue weighted by molar-refractivity contribution is -0.0659. The molecule has 2 aromatic heterocycles. The van der Waals surface area contributed by atoms with E-state index in [1.807, 2.05) is 0 Å². The second-order valence-electron chi connectivity index (χ2n) is 16.3. The highest BCUT2D eigenvalue weighted by atomic mass is 31.2. The van der Waals surface area contributed by atoms with Gasteiger partial charge < -0.3 is 30.3 Å². The summed E-state index contributed by atoms with van der Waals surface area (Å²) in [5, 5.41) is 26.5. The number of ether oxygens (including phenoxy) is 2. The monoisotopic (exact) mass is 808 g/mol. The summed E-state index contributed by atoms with van der Waals surface area (Å²) in [5.74, 6) is 0.738. The Hall–Kier alpha value is -1.96. The molecule has 1 saturated carbocycles. The Morgan fingerprint density at radius 2 is 1.52 bits per heavy atom. The highest BCUT2D eigenvalue weighted by Gasteiger charge is 2.55. The van der Waals surface area contributed by atoms with Crippen LogP contribution in [-0.4, -0.2) is 86.7 Å². The lowest BCUT2D eigenvalue weighted by Crippen LogP contribution is -2.48. The summed E-state index contributed by atoms with van der Waals surface area (Å²) < 4.78 is 38.2. The normalized spacial score (nSPS) is 23.7. The molecule has 13 nitrogen and oxygen atoms in total. The fraction of sp³-hybridized carbons (Fsp3) is 0.833. The standard InChI is InChI=1S/C42H74N5O8P/c1-3-4-5-6-7-8-9-10-11-12-13-14-15-16-17-18-19-23-26-35(52-29-34-24-21-20-22-25-34)30-53-56(50,51)54-32-42(31-44-2)40(49)38(48)39(55-42)36-27-28-37-41(43)45-33-46-47(36)37/h27-28,31,33-35,38-40,48-49H,3-26,29-30,32H2,1-2H3,(H,50,51)(H2,43,45,46)/b44-31-/t35-,38+,39+,40+,42-/m1/s1. The first-order chi connectivity index (χ1) is 27.2. The summed E-state index contributed by atoms with van der Waals surface area (Å²) in [6.07, 6.45) is 28.5. The largest absolute Gasteiger partial charge is 0.472 e. The summed E-state index contributed by atoms with van der Waals surface area (Å²) in [7, 11) is -3.15. The van der Waals surface area contributed by atoms with Crippen LogP contribution in [0.1, 0.15) is 173 Å². The first-order valence-corrected chi connectivity index (χ1v) is 23.5. The number of phosphoric ester groups is 1. The van der Waals surface area contributed by atoms with Gasteiger partial charge >= 0.3 is 7.82 Å². The molecule has 5 N–H and O–H groups in total. The molecule has 0 amide bonds. The number of hydrogen-bond donors (Lipinski definition) is 4. The van der Waals surface area contributed by atoms with E-state index in [-0.39, 0.29) is 18.5 Å². The molecule has 1 aliphatic carbocycles. The summed E-state index contributed by atoms with van der Waals surface area (Å²) in [5.41, 5.74) is 5.15. The van der Waals surface area contributed by atoms with E-state index in [0.29, 0.717) is 23.7 Å². The van der Waals surface area contributed by atoms with Crippen molar-refractivity contribution in [3.63, 3.8) is 0 Å². The number of hydrogen-bond acceptors (Lipinski definition) is 11. The van der Waals surface area contributed by atoms with Gasteiger partial charge in [-0.3, -0.25) is 14.0 Å². The van der Waals surface area contributed by atoms with Crippen LogP contribution in [0.5, 0.6) is 0 Å². The number of nitrogens with zero attached hydrogens (tertiary/aromatic N) is 4. The molecule has 4 rings (SSSR count). The van der Waals surface area contributed by atoms with E-state index in [1.165, 1.54) is 146 Å². The maximum atomic E-state index is 13.3. The SMILES string of the molecule is CCCCCCCCCCCCCCCCCCCC[C@H](COP(=O)(O)OC[C@@]1(/C=N\C)O[C@@H](c2ccc3c(N)ncnn23)[C@H](O)[C@@H]1O)OCC1CCCCC1. The molecule has 2 fully saturated rings. The first-order valence-electron chi connectivity index (χ1n) is 22.0. The van der Waals surface area contributed by atoms with Crippen LogP contribution in [0.3, 0.4) is 0 Å². The van der Waals surface area contributed by atoms with Crippen LogP contribution in [0.15, 0.2) is 23.5 Å². The van der Waals surface area contributed by atoms with Crippen LogP contribution in [-0.2, 0) is 23.1 Å². The molecule has 2 aliphatic rings. The van der Waals surface area contributed by atoms with Gasteiger partial charge in [0.2, 0.25) is 0 Å². The zero-order valence-corrected chi connectivity index (χ0v) is 35.4. The number of nitrogens with two attached hydrogens (primary N) is 1. The predicted molar refractivity (Wildman–Crippen MR) is 222 cm³/mol. The van der Waals surface area contributed by atoms with Gasteiger partial charge in [0, 0.05) is 19.9 Å². The van der Waals surface area contributed by atoms with Crippen molar-refractivity contribution >= 4 is 25.4 Å². The van der Waals surface area contributed by atoms with Crippen molar-refractivity contribution in [2.75, 3.05) is 32.6 Å². The molecule has 3 heterocycles. The highest BCUT2D eigenvalue weighted by Crippen LogP contribution is 2.47. The van der Waals surface area contributed by atoms with E-state index in [4.69, 9.17) is 24.3 Å². The molecule has 0 bridgehead atoms. The number of nitrogen functional groups attached to an aromatic ring is 1. The maximum Gasteiger partial charge on any atom is 0.472 e. The number of anilines is 1. The molecular weight excluding hydrogens is 733 g/mol. The quantitative estimate of drug-likeness (QED) is 0.0336. The first kappa shape index (κ1) is 46.7. The smallest absolute Gasteiger partial charge is 0.387 e. The van der Waals surface area contributed by atoms with Crippen molar-refractivity contribution in [1.82, 2.24) is 14.6 Å². The molecule has 1 aliphatic heterocycles. The number of aromatic nitrogens is 3. The molecular formula is C42H74N5O8P. The summed E-state index contributed by atoms with van der Waals surface area (Å²) in [6, 6.07) is 3.34. The van der Waals surface area contributed by atoms with Gasteiger partial charge in [0.25, 0.3) is 0 Å². The van der Waals surface area contributed by atoms with Crippen LogP contribution in [0.2, 0.25) is 0 Å². The third-order valence-corrected chi connectivity index (χ3v) is 12.6. The number of phosphoric acid groups is 1. The molecule has 14 heteroatoms. The van der Waals surface area contributed by atoms with Crippen LogP contribution < -0.4 is 5.73 Å². The van der Waals surface area contributed by atoms with E-state index in [0.717, 1.165) is 32.1 Å². The van der Waals surface area contributed by atoms with Gasteiger partial charge in [0.1, 0.15) is 30.2 Å². The number of fused-ring (bicyclic) bond motifs is 1. The van der Waals surface area contributed by atoms with Crippen molar-refractivity contribution in [1.29, 1.82) is 0 Å². The summed E-state index contributed by atoms with van der Waals surface area (Å²) in [6.45, 7) is 2.20. The number of aliphatic hydroxyl groups is 2. The predicted octanol–water partition coefficient (Wildman–Crippen LogP) is 9.07. The molecule has 0 spiro atoms. The van der Waals surface area contributed by atoms with E-state index in [2.05, 4.69) is 22.0 Å². The van der Waals surface area contributed by atoms with Crippen LogP contribution in [0.4, 0.5) is 5.82 Å². The van der Waals surface area contributed by atoms with Gasteiger partial charge in [-0.25, -0.2) is 14.1 Å². The minimum absolute atomic E-state index is 0.0970. The number of aliphatic imine (C=N–C) groups is 1. The van der Waals surface area contributed by atoms with Gasteiger partial charge in [0.15, 0.2) is 11.4 Å². The number of unbranched alkanes of at least 4 members (excludes halogenated alkanes) is 17. The van der Waals surface area contributed by atoms with Crippen molar-refractivity contribution in [3.05, 3.63) is 24.2 Å². The van der Waals surface area contributed by atoms with Crippen molar-refractivity contribution < 1.29 is 38.2 Å². The number of aliphatic hydroxyl groups excluding tert-OH is 2. The topological polar surface area (TPSA) is 183 Å². The second-order valence-corrected chi connectivity index (χ2v) is 17.8.